The van der Waals surface area contributed by atoms with Gasteiger partial charge in [-0.25, -0.2) is 13.8 Å². The minimum absolute atomic E-state index is 0.0535. The van der Waals surface area contributed by atoms with Gasteiger partial charge in [0.25, 0.3) is 11.8 Å². The zero-order valence-electron chi connectivity index (χ0n) is 19.3. The van der Waals surface area contributed by atoms with E-state index in [-0.39, 0.29) is 39.4 Å². The quantitative estimate of drug-likeness (QED) is 0.535. The fraction of sp³-hybridized carbons (Fsp3) is 0.308. The number of benzene rings is 2. The van der Waals surface area contributed by atoms with Crippen LogP contribution in [0.25, 0.3) is 11.1 Å². The maximum atomic E-state index is 15.7. The number of amides is 1. The first-order valence-electron chi connectivity index (χ1n) is 11.3. The molecule has 2 atom stereocenters. The second kappa shape index (κ2) is 9.09. The highest BCUT2D eigenvalue weighted by Gasteiger charge is 2.50. The number of fused-ring (bicyclic) bond motifs is 1. The van der Waals surface area contributed by atoms with Gasteiger partial charge in [0.05, 0.1) is 23.7 Å². The zero-order chi connectivity index (χ0) is 24.7. The molecule has 0 bridgehead atoms. The van der Waals surface area contributed by atoms with Crippen molar-refractivity contribution in [2.45, 2.75) is 30.9 Å². The summed E-state index contributed by atoms with van der Waals surface area (Å²) >= 11 is 6.49. The van der Waals surface area contributed by atoms with E-state index >= 15 is 8.78 Å². The molecule has 2 aliphatic heterocycles. The third kappa shape index (κ3) is 3.72. The Hall–Kier alpha value is -3.23. The molecular weight excluding hydrogens is 476 g/mol. The Morgan fingerprint density at radius 2 is 2.06 bits per heavy atom. The van der Waals surface area contributed by atoms with Crippen LogP contribution < -0.4 is 20.1 Å². The lowest BCUT2D eigenvalue weighted by Crippen LogP contribution is -2.48. The van der Waals surface area contributed by atoms with Crippen LogP contribution >= 0.6 is 11.6 Å². The van der Waals surface area contributed by atoms with Crippen molar-refractivity contribution in [3.63, 3.8) is 0 Å². The third-order valence-electron chi connectivity index (χ3n) is 6.81. The van der Waals surface area contributed by atoms with Gasteiger partial charge in [0.2, 0.25) is 0 Å². The molecule has 2 aliphatic rings. The molecule has 5 rings (SSSR count). The van der Waals surface area contributed by atoms with Gasteiger partial charge in [0.15, 0.2) is 11.4 Å². The lowest BCUT2D eigenvalue weighted by atomic mass is 9.80. The Labute approximate surface area is 206 Å². The minimum atomic E-state index is -0.903. The molecule has 0 aliphatic carbocycles. The van der Waals surface area contributed by atoms with Crippen LogP contribution in [0.2, 0.25) is 5.02 Å². The number of hydrogen-bond donors (Lipinski definition) is 2. The first-order valence-corrected chi connectivity index (χ1v) is 11.7. The highest BCUT2D eigenvalue weighted by atomic mass is 35.5. The van der Waals surface area contributed by atoms with Crippen LogP contribution in [-0.2, 0) is 12.0 Å². The molecule has 2 aromatic carbocycles. The van der Waals surface area contributed by atoms with Crippen LogP contribution in [0.3, 0.4) is 0 Å². The summed E-state index contributed by atoms with van der Waals surface area (Å²) in [6.45, 7) is 0.831. The number of nitrogens with one attached hydrogen (secondary N) is 2. The van der Waals surface area contributed by atoms with Crippen LogP contribution in [0.15, 0.2) is 42.6 Å². The fourth-order valence-electron chi connectivity index (χ4n) is 5.19. The Morgan fingerprint density at radius 3 is 2.71 bits per heavy atom. The van der Waals surface area contributed by atoms with Gasteiger partial charge in [-0.3, -0.25) is 4.79 Å². The Bertz CT molecular complexity index is 1300. The molecule has 6 nitrogen and oxygen atoms in total. The van der Waals surface area contributed by atoms with E-state index < -0.39 is 23.1 Å². The van der Waals surface area contributed by atoms with Crippen molar-refractivity contribution in [3.8, 4) is 22.8 Å². The van der Waals surface area contributed by atoms with E-state index in [9.17, 15) is 4.79 Å². The molecule has 1 saturated heterocycles. The molecule has 3 aromatic rings. The average Bonchev–Trinajstić information content (AvgIpc) is 3.54. The van der Waals surface area contributed by atoms with Gasteiger partial charge in [-0.05, 0) is 24.9 Å². The normalized spacial score (nSPS) is 20.9. The van der Waals surface area contributed by atoms with Crippen molar-refractivity contribution in [1.82, 2.24) is 15.6 Å². The van der Waals surface area contributed by atoms with Crippen LogP contribution in [0.5, 0.6) is 11.6 Å². The van der Waals surface area contributed by atoms with E-state index in [1.54, 1.807) is 0 Å². The monoisotopic (exact) mass is 499 g/mol. The van der Waals surface area contributed by atoms with E-state index in [1.165, 1.54) is 26.4 Å². The maximum Gasteiger partial charge on any atom is 0.253 e. The first-order chi connectivity index (χ1) is 16.9. The van der Waals surface area contributed by atoms with Crippen LogP contribution in [0.1, 0.15) is 34.3 Å². The number of carbonyl (C=O) groups excluding carboxylic acids is 1. The molecular formula is C26H24ClF2N3O3. The Morgan fingerprint density at radius 1 is 1.29 bits per heavy atom. The van der Waals surface area contributed by atoms with Crippen molar-refractivity contribution in [2.24, 2.45) is 0 Å². The molecule has 0 spiro atoms. The summed E-state index contributed by atoms with van der Waals surface area (Å²) in [5.74, 6) is -2.33. The highest BCUT2D eigenvalue weighted by Crippen LogP contribution is 2.52. The first kappa shape index (κ1) is 23.5. The van der Waals surface area contributed by atoms with Crippen LogP contribution in [-0.4, -0.2) is 37.6 Å². The molecule has 0 saturated carbocycles. The smallest absolute Gasteiger partial charge is 0.253 e. The summed E-state index contributed by atoms with van der Waals surface area (Å²) in [6, 6.07) is 10.9. The van der Waals surface area contributed by atoms with Crippen molar-refractivity contribution >= 4 is 17.5 Å². The number of carbonyl (C=O) groups is 1. The second-order valence-corrected chi connectivity index (χ2v) is 9.03. The summed E-state index contributed by atoms with van der Waals surface area (Å²) in [7, 11) is 2.68. The summed E-state index contributed by atoms with van der Waals surface area (Å²) in [5.41, 5.74) is 0.380. The SMILES string of the molecule is CNC(=O)c1cnc(OC)c(F)c1-c1c(Cl)c(F)cc2c1C[C@](c1ccccc1)([C@@H]1CCCN1)O2. The largest absolute Gasteiger partial charge is 0.480 e. The van der Waals surface area contributed by atoms with Gasteiger partial charge in [-0.1, -0.05) is 41.9 Å². The number of aromatic nitrogens is 1. The molecule has 0 radical (unpaired) electrons. The van der Waals surface area contributed by atoms with Gasteiger partial charge in [0.1, 0.15) is 11.6 Å². The number of halogens is 3. The summed E-state index contributed by atoms with van der Waals surface area (Å²) in [6.07, 6.45) is 3.33. The van der Waals surface area contributed by atoms with Crippen molar-refractivity contribution in [2.75, 3.05) is 20.7 Å². The lowest BCUT2D eigenvalue weighted by molar-refractivity contribution is 0.0539. The number of methoxy groups -OCH3 is 1. The van der Waals surface area contributed by atoms with E-state index in [2.05, 4.69) is 15.6 Å². The van der Waals surface area contributed by atoms with Crippen LogP contribution in [0, 0.1) is 11.6 Å². The summed E-state index contributed by atoms with van der Waals surface area (Å²) < 4.78 is 42.5. The van der Waals surface area contributed by atoms with Crippen LogP contribution in [0.4, 0.5) is 8.78 Å². The summed E-state index contributed by atoms with van der Waals surface area (Å²) in [5, 5.41) is 5.69. The van der Waals surface area contributed by atoms with Crippen molar-refractivity contribution in [3.05, 3.63) is 75.9 Å². The lowest BCUT2D eigenvalue weighted by Gasteiger charge is -2.35. The van der Waals surface area contributed by atoms with E-state index in [4.69, 9.17) is 21.1 Å². The zero-order valence-corrected chi connectivity index (χ0v) is 20.0. The molecule has 0 unspecified atom stereocenters. The Kier molecular flexibility index (Phi) is 6.11. The Balaban J connectivity index is 1.77. The predicted molar refractivity (Wildman–Crippen MR) is 128 cm³/mol. The highest BCUT2D eigenvalue weighted by molar-refractivity contribution is 6.34. The molecule has 2 N–H and O–H groups in total. The van der Waals surface area contributed by atoms with Gasteiger partial charge in [-0.2, -0.15) is 0 Å². The molecule has 1 aromatic heterocycles. The topological polar surface area (TPSA) is 72.5 Å². The maximum absolute atomic E-state index is 15.7. The predicted octanol–water partition coefficient (Wildman–Crippen LogP) is 4.63. The standard InChI is InChI=1S/C26H24ClF2N3O3/c1-30-24(33)16-13-32-25(34-2)23(29)21(16)20-15-12-26(19-9-6-10-31-19,14-7-4-3-5-8-14)35-18(15)11-17(28)22(20)27/h3-5,7-8,11,13,19,31H,6,9-10,12H2,1-2H3,(H,30,33)/t19-,26-/m0/s1. The molecule has 9 heteroatoms. The van der Waals surface area contributed by atoms with E-state index in [0.717, 1.165) is 24.9 Å². The molecule has 182 valence electrons. The number of rotatable bonds is 5. The van der Waals surface area contributed by atoms with Gasteiger partial charge in [-0.15, -0.1) is 0 Å². The number of nitrogens with zero attached hydrogens (tertiary/aromatic N) is 1. The van der Waals surface area contributed by atoms with Gasteiger partial charge in [0, 0.05) is 42.4 Å². The average molecular weight is 500 g/mol. The van der Waals surface area contributed by atoms with Gasteiger partial charge < -0.3 is 20.1 Å². The van der Waals surface area contributed by atoms with E-state index in [1.807, 2.05) is 30.3 Å². The summed E-state index contributed by atoms with van der Waals surface area (Å²) in [4.78, 5) is 16.6. The number of ether oxygens (including phenoxy) is 2. The minimum Gasteiger partial charge on any atom is -0.480 e. The second-order valence-electron chi connectivity index (χ2n) is 8.66. The number of hydrogen-bond acceptors (Lipinski definition) is 5. The molecule has 1 amide bonds. The molecule has 1 fully saturated rings. The number of pyridine rings is 1. The van der Waals surface area contributed by atoms with Gasteiger partial charge >= 0.3 is 0 Å². The molecule has 3 heterocycles. The van der Waals surface area contributed by atoms with Crippen molar-refractivity contribution < 1.29 is 23.0 Å². The molecule has 35 heavy (non-hydrogen) atoms. The third-order valence-corrected chi connectivity index (χ3v) is 7.18. The van der Waals surface area contributed by atoms with Crippen molar-refractivity contribution in [1.29, 1.82) is 0 Å². The van der Waals surface area contributed by atoms with E-state index in [0.29, 0.717) is 12.0 Å². The fourth-order valence-corrected chi connectivity index (χ4v) is 5.45.